The molecular weight excluding hydrogens is 183 g/mol. The van der Waals surface area contributed by atoms with Crippen LogP contribution in [0.3, 0.4) is 0 Å². The van der Waals surface area contributed by atoms with E-state index in [4.69, 9.17) is 16.1 Å². The second-order valence-corrected chi connectivity index (χ2v) is 2.97. The number of nitrogens with two attached hydrogens (primary N) is 1. The van der Waals surface area contributed by atoms with Crippen molar-refractivity contribution in [1.29, 1.82) is 5.26 Å². The van der Waals surface area contributed by atoms with Gasteiger partial charge in [-0.15, -0.1) is 0 Å². The summed E-state index contributed by atoms with van der Waals surface area (Å²) in [7, 11) is 0. The summed E-state index contributed by atoms with van der Waals surface area (Å²) in [5.41, 5.74) is 6.33. The van der Waals surface area contributed by atoms with E-state index in [1.54, 1.807) is 6.07 Å². The van der Waals surface area contributed by atoms with Gasteiger partial charge in [0.1, 0.15) is 11.9 Å². The average Bonchev–Trinajstić information content (AvgIpc) is 2.19. The van der Waals surface area contributed by atoms with Crippen molar-refractivity contribution in [2.24, 2.45) is 5.73 Å². The molecule has 1 rings (SSSR count). The van der Waals surface area contributed by atoms with Crippen LogP contribution in [-0.4, -0.2) is 11.7 Å². The van der Waals surface area contributed by atoms with Crippen molar-refractivity contribution in [2.75, 3.05) is 6.61 Å². The highest BCUT2D eigenvalue weighted by Gasteiger charge is 2.08. The molecular formula is C10H11FN2O. The topological polar surface area (TPSA) is 70.0 Å². The summed E-state index contributed by atoms with van der Waals surface area (Å²) < 4.78 is 12.9. The third kappa shape index (κ3) is 2.28. The summed E-state index contributed by atoms with van der Waals surface area (Å²) in [6, 6.07) is 5.54. The maximum atomic E-state index is 12.9. The van der Waals surface area contributed by atoms with Crippen LogP contribution in [0, 0.1) is 17.1 Å². The number of hydrogen-bond acceptors (Lipinski definition) is 3. The molecule has 0 aliphatic carbocycles. The Morgan fingerprint density at radius 3 is 2.86 bits per heavy atom. The van der Waals surface area contributed by atoms with Crippen LogP contribution >= 0.6 is 0 Å². The number of hydrogen-bond donors (Lipinski definition) is 2. The number of aliphatic hydroxyl groups is 1. The Morgan fingerprint density at radius 2 is 2.29 bits per heavy atom. The van der Waals surface area contributed by atoms with Crippen molar-refractivity contribution in [3.63, 3.8) is 0 Å². The molecule has 0 aromatic heterocycles. The minimum atomic E-state index is -0.549. The molecule has 0 aliphatic heterocycles. The van der Waals surface area contributed by atoms with Crippen molar-refractivity contribution in [2.45, 2.75) is 12.5 Å². The average molecular weight is 194 g/mol. The highest BCUT2D eigenvalue weighted by atomic mass is 19.1. The van der Waals surface area contributed by atoms with Gasteiger partial charge in [0.2, 0.25) is 0 Å². The second-order valence-electron chi connectivity index (χ2n) is 2.97. The van der Waals surface area contributed by atoms with Gasteiger partial charge in [0.25, 0.3) is 0 Å². The predicted octanol–water partition coefficient (Wildman–Crippen LogP) is 1.08. The summed E-state index contributed by atoms with van der Waals surface area (Å²) in [5.74, 6) is -0.549. The molecule has 0 saturated heterocycles. The largest absolute Gasteiger partial charge is 0.396 e. The minimum Gasteiger partial charge on any atom is -0.396 e. The standard InChI is InChI=1S/C10H11FN2O/c11-9-2-1-7(5-8(9)6-12)10(13)3-4-14/h1-2,5,10,14H,3-4,13H2/t10-/m0/s1. The highest BCUT2D eigenvalue weighted by molar-refractivity contribution is 5.35. The Bertz CT molecular complexity index is 360. The van der Waals surface area contributed by atoms with Crippen LogP contribution in [0.1, 0.15) is 23.6 Å². The van der Waals surface area contributed by atoms with Crippen LogP contribution in [0.2, 0.25) is 0 Å². The quantitative estimate of drug-likeness (QED) is 0.756. The molecule has 14 heavy (non-hydrogen) atoms. The van der Waals surface area contributed by atoms with Crippen LogP contribution in [-0.2, 0) is 0 Å². The molecule has 0 amide bonds. The van der Waals surface area contributed by atoms with Gasteiger partial charge in [-0.2, -0.15) is 5.26 Å². The van der Waals surface area contributed by atoms with Crippen LogP contribution in [0.15, 0.2) is 18.2 Å². The lowest BCUT2D eigenvalue weighted by Crippen LogP contribution is -2.12. The minimum absolute atomic E-state index is 0.0177. The second kappa shape index (κ2) is 4.70. The van der Waals surface area contributed by atoms with E-state index in [0.717, 1.165) is 0 Å². The Hall–Kier alpha value is -1.44. The highest BCUT2D eigenvalue weighted by Crippen LogP contribution is 2.17. The molecule has 0 fully saturated rings. The SMILES string of the molecule is N#Cc1cc([C@@H](N)CCO)ccc1F. The van der Waals surface area contributed by atoms with Gasteiger partial charge >= 0.3 is 0 Å². The van der Waals surface area contributed by atoms with Crippen LogP contribution in [0.5, 0.6) is 0 Å². The fraction of sp³-hybridized carbons (Fsp3) is 0.300. The van der Waals surface area contributed by atoms with Gasteiger partial charge in [0.05, 0.1) is 5.56 Å². The molecule has 4 heteroatoms. The van der Waals surface area contributed by atoms with Crippen molar-refractivity contribution < 1.29 is 9.50 Å². The molecule has 1 aromatic carbocycles. The third-order valence-corrected chi connectivity index (χ3v) is 1.98. The number of benzene rings is 1. The molecule has 0 radical (unpaired) electrons. The van der Waals surface area contributed by atoms with E-state index in [1.807, 2.05) is 0 Å². The summed E-state index contributed by atoms with van der Waals surface area (Å²) in [6.07, 6.45) is 0.399. The molecule has 0 bridgehead atoms. The Labute approximate surface area is 81.6 Å². The maximum absolute atomic E-state index is 12.9. The smallest absolute Gasteiger partial charge is 0.140 e. The molecule has 1 aromatic rings. The molecule has 1 atom stereocenters. The normalized spacial score (nSPS) is 12.1. The lowest BCUT2D eigenvalue weighted by Gasteiger charge is -2.10. The van der Waals surface area contributed by atoms with Crippen molar-refractivity contribution in [3.8, 4) is 6.07 Å². The molecule has 0 aliphatic rings. The van der Waals surface area contributed by atoms with Crippen molar-refractivity contribution in [3.05, 3.63) is 35.1 Å². The number of nitrogens with zero attached hydrogens (tertiary/aromatic N) is 1. The van der Waals surface area contributed by atoms with E-state index in [9.17, 15) is 4.39 Å². The summed E-state index contributed by atoms with van der Waals surface area (Å²) in [5, 5.41) is 17.2. The number of nitriles is 1. The maximum Gasteiger partial charge on any atom is 0.140 e. The molecule has 3 N–H and O–H groups in total. The lowest BCUT2D eigenvalue weighted by atomic mass is 10.0. The van der Waals surface area contributed by atoms with E-state index in [2.05, 4.69) is 0 Å². The number of rotatable bonds is 3. The zero-order valence-electron chi connectivity index (χ0n) is 7.57. The first-order valence-corrected chi connectivity index (χ1v) is 4.25. The van der Waals surface area contributed by atoms with E-state index >= 15 is 0 Å². The van der Waals surface area contributed by atoms with Gasteiger partial charge in [0, 0.05) is 12.6 Å². The zero-order valence-corrected chi connectivity index (χ0v) is 7.57. The zero-order chi connectivity index (χ0) is 10.6. The van der Waals surface area contributed by atoms with Crippen LogP contribution in [0.4, 0.5) is 4.39 Å². The van der Waals surface area contributed by atoms with E-state index in [-0.39, 0.29) is 18.2 Å². The van der Waals surface area contributed by atoms with Gasteiger partial charge in [-0.3, -0.25) is 0 Å². The van der Waals surface area contributed by atoms with Gasteiger partial charge in [-0.1, -0.05) is 6.07 Å². The van der Waals surface area contributed by atoms with Crippen LogP contribution in [0.25, 0.3) is 0 Å². The summed E-state index contributed by atoms with van der Waals surface area (Å²) >= 11 is 0. The summed E-state index contributed by atoms with van der Waals surface area (Å²) in [4.78, 5) is 0. The Balaban J connectivity index is 2.95. The van der Waals surface area contributed by atoms with E-state index in [1.165, 1.54) is 18.2 Å². The van der Waals surface area contributed by atoms with E-state index < -0.39 is 5.82 Å². The van der Waals surface area contributed by atoms with Crippen LogP contribution < -0.4 is 5.73 Å². The van der Waals surface area contributed by atoms with Gasteiger partial charge < -0.3 is 10.8 Å². The van der Waals surface area contributed by atoms with Crippen molar-refractivity contribution in [1.82, 2.24) is 0 Å². The molecule has 74 valence electrons. The fourth-order valence-electron chi connectivity index (χ4n) is 1.16. The summed E-state index contributed by atoms with van der Waals surface area (Å²) in [6.45, 7) is -0.0274. The third-order valence-electron chi connectivity index (χ3n) is 1.98. The predicted molar refractivity (Wildman–Crippen MR) is 49.7 cm³/mol. The first kappa shape index (κ1) is 10.6. The Morgan fingerprint density at radius 1 is 1.57 bits per heavy atom. The molecule has 0 saturated carbocycles. The van der Waals surface area contributed by atoms with Gasteiger partial charge in [-0.05, 0) is 24.1 Å². The van der Waals surface area contributed by atoms with Crippen molar-refractivity contribution >= 4 is 0 Å². The monoisotopic (exact) mass is 194 g/mol. The molecule has 3 nitrogen and oxygen atoms in total. The van der Waals surface area contributed by atoms with Gasteiger partial charge in [0.15, 0.2) is 0 Å². The first-order valence-electron chi connectivity index (χ1n) is 4.25. The number of halogens is 1. The lowest BCUT2D eigenvalue weighted by molar-refractivity contribution is 0.276. The molecule has 0 spiro atoms. The Kier molecular flexibility index (Phi) is 3.57. The number of aliphatic hydroxyl groups excluding tert-OH is 1. The first-order chi connectivity index (χ1) is 6.69. The van der Waals surface area contributed by atoms with E-state index in [0.29, 0.717) is 12.0 Å². The molecule has 0 heterocycles. The molecule has 0 unspecified atom stereocenters. The fourth-order valence-corrected chi connectivity index (χ4v) is 1.16. The van der Waals surface area contributed by atoms with Gasteiger partial charge in [-0.25, -0.2) is 4.39 Å².